The third-order valence-electron chi connectivity index (χ3n) is 2.92. The lowest BCUT2D eigenvalue weighted by Crippen LogP contribution is -2.27. The number of carbonyl (C=O) groups is 1. The first-order valence-electron chi connectivity index (χ1n) is 6.75. The lowest BCUT2D eigenvalue weighted by molar-refractivity contribution is -0.123. The zero-order valence-corrected chi connectivity index (χ0v) is 11.6. The normalized spacial score (nSPS) is 13.2. The number of nitrogens with one attached hydrogen (secondary N) is 1. The summed E-state index contributed by atoms with van der Waals surface area (Å²) in [4.78, 5) is 12.0. The Morgan fingerprint density at radius 1 is 1.28 bits per heavy atom. The van der Waals surface area contributed by atoms with E-state index in [1.807, 2.05) is 37.3 Å². The van der Waals surface area contributed by atoms with Crippen LogP contribution in [0.5, 0.6) is 0 Å². The molecule has 2 heteroatoms. The summed E-state index contributed by atoms with van der Waals surface area (Å²) < 4.78 is 0. The van der Waals surface area contributed by atoms with Gasteiger partial charge in [0.1, 0.15) is 0 Å². The van der Waals surface area contributed by atoms with Gasteiger partial charge in [-0.2, -0.15) is 0 Å². The van der Waals surface area contributed by atoms with Crippen LogP contribution in [0.25, 0.3) is 5.70 Å². The maximum atomic E-state index is 12.0. The number of amides is 1. The van der Waals surface area contributed by atoms with Crippen LogP contribution in [0.4, 0.5) is 0 Å². The monoisotopic (exact) mass is 245 g/mol. The second-order valence-corrected chi connectivity index (χ2v) is 4.57. The lowest BCUT2D eigenvalue weighted by atomic mass is 10.0. The van der Waals surface area contributed by atoms with Gasteiger partial charge in [-0.15, -0.1) is 0 Å². The second-order valence-electron chi connectivity index (χ2n) is 4.57. The topological polar surface area (TPSA) is 29.1 Å². The molecule has 2 nitrogen and oxygen atoms in total. The van der Waals surface area contributed by atoms with Crippen molar-refractivity contribution in [3.8, 4) is 0 Å². The standard InChI is InChI=1S/C16H23NO/c1-4-9-13(3)16(18)17-15(10-5-2)14-11-7-6-8-12-14/h6-8,10-13H,4-5,9H2,1-3H3,(H,17,18)/b15-10+. The molecule has 1 N–H and O–H groups in total. The largest absolute Gasteiger partial charge is 0.326 e. The van der Waals surface area contributed by atoms with Crippen molar-refractivity contribution in [1.29, 1.82) is 0 Å². The Balaban J connectivity index is 2.77. The number of hydrogen-bond donors (Lipinski definition) is 1. The SMILES string of the molecule is CC/C=C(/NC(=O)C(C)CCC)c1ccccc1. The number of benzene rings is 1. The minimum atomic E-state index is 0.0685. The molecule has 0 spiro atoms. The predicted octanol–water partition coefficient (Wildman–Crippen LogP) is 3.99. The third-order valence-corrected chi connectivity index (χ3v) is 2.92. The highest BCUT2D eigenvalue weighted by Gasteiger charge is 2.13. The molecule has 0 aliphatic carbocycles. The Bertz CT molecular complexity index is 395. The highest BCUT2D eigenvalue weighted by molar-refractivity contribution is 5.88. The molecule has 0 saturated heterocycles. The van der Waals surface area contributed by atoms with Crippen LogP contribution >= 0.6 is 0 Å². The Labute approximate surface area is 110 Å². The first-order chi connectivity index (χ1) is 8.69. The molecule has 1 atom stereocenters. The van der Waals surface area contributed by atoms with Crippen LogP contribution in [0.3, 0.4) is 0 Å². The molecular formula is C16H23NO. The van der Waals surface area contributed by atoms with Crippen molar-refractivity contribution in [3.05, 3.63) is 42.0 Å². The lowest BCUT2D eigenvalue weighted by Gasteiger charge is -2.14. The van der Waals surface area contributed by atoms with Gasteiger partial charge in [-0.05, 0) is 18.4 Å². The summed E-state index contributed by atoms with van der Waals surface area (Å²) in [5, 5.41) is 3.04. The Morgan fingerprint density at radius 3 is 2.50 bits per heavy atom. The molecule has 0 fully saturated rings. The summed E-state index contributed by atoms with van der Waals surface area (Å²) in [5.74, 6) is 0.180. The fraction of sp³-hybridized carbons (Fsp3) is 0.438. The molecular weight excluding hydrogens is 222 g/mol. The van der Waals surface area contributed by atoms with Gasteiger partial charge in [0, 0.05) is 11.6 Å². The minimum absolute atomic E-state index is 0.0685. The molecule has 1 aromatic carbocycles. The molecule has 0 bridgehead atoms. The molecule has 0 saturated carbocycles. The van der Waals surface area contributed by atoms with Gasteiger partial charge in [0.25, 0.3) is 0 Å². The van der Waals surface area contributed by atoms with Crippen molar-refractivity contribution < 1.29 is 4.79 Å². The van der Waals surface area contributed by atoms with Crippen LogP contribution < -0.4 is 5.32 Å². The highest BCUT2D eigenvalue weighted by Crippen LogP contribution is 2.14. The number of carbonyl (C=O) groups excluding carboxylic acids is 1. The molecule has 18 heavy (non-hydrogen) atoms. The molecule has 0 aliphatic rings. The van der Waals surface area contributed by atoms with Gasteiger partial charge in [-0.3, -0.25) is 4.79 Å². The average Bonchev–Trinajstić information content (AvgIpc) is 2.39. The first kappa shape index (κ1) is 14.5. The van der Waals surface area contributed by atoms with E-state index >= 15 is 0 Å². The maximum absolute atomic E-state index is 12.0. The van der Waals surface area contributed by atoms with Crippen molar-refractivity contribution >= 4 is 11.6 Å². The Morgan fingerprint density at radius 2 is 1.94 bits per heavy atom. The van der Waals surface area contributed by atoms with E-state index in [2.05, 4.69) is 25.2 Å². The summed E-state index contributed by atoms with van der Waals surface area (Å²) >= 11 is 0. The maximum Gasteiger partial charge on any atom is 0.227 e. The molecule has 0 radical (unpaired) electrons. The van der Waals surface area contributed by atoms with E-state index in [0.29, 0.717) is 0 Å². The Hall–Kier alpha value is -1.57. The van der Waals surface area contributed by atoms with E-state index in [9.17, 15) is 4.79 Å². The van der Waals surface area contributed by atoms with E-state index in [-0.39, 0.29) is 11.8 Å². The van der Waals surface area contributed by atoms with Gasteiger partial charge in [0.05, 0.1) is 0 Å². The van der Waals surface area contributed by atoms with Crippen LogP contribution in [0.2, 0.25) is 0 Å². The van der Waals surface area contributed by atoms with E-state index in [1.54, 1.807) is 0 Å². The molecule has 1 amide bonds. The van der Waals surface area contributed by atoms with Gasteiger partial charge >= 0.3 is 0 Å². The molecule has 1 rings (SSSR count). The molecule has 1 unspecified atom stereocenters. The summed E-state index contributed by atoms with van der Waals surface area (Å²) in [6.07, 6.45) is 4.94. The van der Waals surface area contributed by atoms with Crippen LogP contribution in [-0.4, -0.2) is 5.91 Å². The van der Waals surface area contributed by atoms with Crippen LogP contribution in [0.1, 0.15) is 45.6 Å². The zero-order valence-electron chi connectivity index (χ0n) is 11.6. The van der Waals surface area contributed by atoms with Crippen molar-refractivity contribution in [2.75, 3.05) is 0 Å². The van der Waals surface area contributed by atoms with Crippen molar-refractivity contribution in [1.82, 2.24) is 5.32 Å². The smallest absolute Gasteiger partial charge is 0.227 e. The van der Waals surface area contributed by atoms with E-state index in [0.717, 1.165) is 30.5 Å². The van der Waals surface area contributed by atoms with Gasteiger partial charge in [-0.25, -0.2) is 0 Å². The molecule has 98 valence electrons. The van der Waals surface area contributed by atoms with E-state index in [4.69, 9.17) is 0 Å². The molecule has 0 aromatic heterocycles. The third kappa shape index (κ3) is 4.36. The fourth-order valence-electron chi connectivity index (χ4n) is 1.88. The summed E-state index contributed by atoms with van der Waals surface area (Å²) in [6.45, 7) is 6.15. The second kappa shape index (κ2) is 7.70. The number of rotatable bonds is 6. The fourth-order valence-corrected chi connectivity index (χ4v) is 1.88. The van der Waals surface area contributed by atoms with Crippen molar-refractivity contribution in [2.45, 2.75) is 40.0 Å². The predicted molar refractivity (Wildman–Crippen MR) is 76.9 cm³/mol. The van der Waals surface area contributed by atoms with Gasteiger partial charge in [-0.1, -0.05) is 63.6 Å². The van der Waals surface area contributed by atoms with Crippen LogP contribution in [0.15, 0.2) is 36.4 Å². The molecule has 0 aliphatic heterocycles. The zero-order chi connectivity index (χ0) is 13.4. The highest BCUT2D eigenvalue weighted by atomic mass is 16.1. The number of allylic oxidation sites excluding steroid dienone is 1. The summed E-state index contributed by atoms with van der Waals surface area (Å²) in [7, 11) is 0. The average molecular weight is 245 g/mol. The Kier molecular flexibility index (Phi) is 6.20. The van der Waals surface area contributed by atoms with Gasteiger partial charge < -0.3 is 5.32 Å². The number of hydrogen-bond acceptors (Lipinski definition) is 1. The van der Waals surface area contributed by atoms with Gasteiger partial charge in [0.2, 0.25) is 5.91 Å². The summed E-state index contributed by atoms with van der Waals surface area (Å²) in [6, 6.07) is 9.99. The van der Waals surface area contributed by atoms with Crippen LogP contribution in [0, 0.1) is 5.92 Å². The molecule has 1 aromatic rings. The minimum Gasteiger partial charge on any atom is -0.326 e. The van der Waals surface area contributed by atoms with Crippen LogP contribution in [-0.2, 0) is 4.79 Å². The van der Waals surface area contributed by atoms with E-state index < -0.39 is 0 Å². The first-order valence-corrected chi connectivity index (χ1v) is 6.75. The summed E-state index contributed by atoms with van der Waals surface area (Å²) in [5.41, 5.74) is 1.99. The van der Waals surface area contributed by atoms with Gasteiger partial charge in [0.15, 0.2) is 0 Å². The quantitative estimate of drug-likeness (QED) is 0.806. The van der Waals surface area contributed by atoms with Crippen molar-refractivity contribution in [3.63, 3.8) is 0 Å². The van der Waals surface area contributed by atoms with Crippen molar-refractivity contribution in [2.24, 2.45) is 5.92 Å². The molecule has 0 heterocycles. The van der Waals surface area contributed by atoms with E-state index in [1.165, 1.54) is 0 Å².